The van der Waals surface area contributed by atoms with E-state index in [-0.39, 0.29) is 18.4 Å². The molecule has 1 aliphatic heterocycles. The number of rotatable bonds is 3. The van der Waals surface area contributed by atoms with Crippen LogP contribution in [0.5, 0.6) is 0 Å². The number of piperazine rings is 1. The minimum Gasteiger partial charge on any atom is -0.468 e. The largest absolute Gasteiger partial charge is 0.468 e. The second kappa shape index (κ2) is 6.58. The molecule has 1 fully saturated rings. The Morgan fingerprint density at radius 2 is 1.90 bits per heavy atom. The van der Waals surface area contributed by atoms with Crippen molar-refractivity contribution in [3.63, 3.8) is 0 Å². The van der Waals surface area contributed by atoms with Crippen molar-refractivity contribution in [3.8, 4) is 0 Å². The number of carbonyl (C=O) groups is 2. The van der Waals surface area contributed by atoms with Crippen molar-refractivity contribution in [1.29, 1.82) is 0 Å². The number of nitrogen functional groups attached to an aromatic ring is 1. The van der Waals surface area contributed by atoms with Gasteiger partial charge in [-0.3, -0.25) is 14.5 Å². The van der Waals surface area contributed by atoms with E-state index in [1.807, 2.05) is 17.9 Å². The van der Waals surface area contributed by atoms with E-state index < -0.39 is 0 Å². The molecule has 0 saturated carbocycles. The lowest BCUT2D eigenvalue weighted by Gasteiger charge is -2.34. The smallest absolute Gasteiger partial charge is 0.319 e. The van der Waals surface area contributed by atoms with Gasteiger partial charge in [0.15, 0.2) is 0 Å². The first kappa shape index (κ1) is 15.3. The van der Waals surface area contributed by atoms with Crippen molar-refractivity contribution >= 4 is 17.6 Å². The summed E-state index contributed by atoms with van der Waals surface area (Å²) in [5.41, 5.74) is 8.06. The number of benzene rings is 1. The first-order valence-electron chi connectivity index (χ1n) is 6.96. The quantitative estimate of drug-likeness (QED) is 0.648. The van der Waals surface area contributed by atoms with Crippen LogP contribution in [0, 0.1) is 6.92 Å². The summed E-state index contributed by atoms with van der Waals surface area (Å²) in [6.07, 6.45) is 0. The predicted octanol–water partition coefficient (Wildman–Crippen LogP) is 0.508. The van der Waals surface area contributed by atoms with Gasteiger partial charge < -0.3 is 15.4 Å². The van der Waals surface area contributed by atoms with Crippen LogP contribution < -0.4 is 5.73 Å². The van der Waals surface area contributed by atoms with E-state index in [1.165, 1.54) is 7.11 Å². The molecule has 0 unspecified atom stereocenters. The summed E-state index contributed by atoms with van der Waals surface area (Å²) >= 11 is 0. The first-order chi connectivity index (χ1) is 10.0. The van der Waals surface area contributed by atoms with Crippen LogP contribution in [-0.2, 0) is 9.53 Å². The summed E-state index contributed by atoms with van der Waals surface area (Å²) in [6.45, 7) is 4.72. The Morgan fingerprint density at radius 1 is 1.24 bits per heavy atom. The van der Waals surface area contributed by atoms with Gasteiger partial charge in [-0.25, -0.2) is 0 Å². The molecule has 21 heavy (non-hydrogen) atoms. The minimum atomic E-state index is -0.249. The van der Waals surface area contributed by atoms with E-state index in [4.69, 9.17) is 5.73 Å². The number of esters is 1. The molecule has 0 bridgehead atoms. The molecule has 1 saturated heterocycles. The van der Waals surface area contributed by atoms with Crippen LogP contribution >= 0.6 is 0 Å². The lowest BCUT2D eigenvalue weighted by Crippen LogP contribution is -2.50. The van der Waals surface area contributed by atoms with Crippen LogP contribution in [0.15, 0.2) is 18.2 Å². The molecule has 0 radical (unpaired) electrons. The van der Waals surface area contributed by atoms with E-state index in [2.05, 4.69) is 4.74 Å². The average Bonchev–Trinajstić information content (AvgIpc) is 2.50. The summed E-state index contributed by atoms with van der Waals surface area (Å²) < 4.78 is 4.65. The average molecular weight is 291 g/mol. The Labute approximate surface area is 124 Å². The lowest BCUT2D eigenvalue weighted by molar-refractivity contribution is -0.142. The van der Waals surface area contributed by atoms with Crippen LogP contribution in [0.1, 0.15) is 15.9 Å². The van der Waals surface area contributed by atoms with Crippen molar-refractivity contribution in [1.82, 2.24) is 9.80 Å². The van der Waals surface area contributed by atoms with Gasteiger partial charge in [0.25, 0.3) is 5.91 Å². The fraction of sp³-hybridized carbons (Fsp3) is 0.467. The zero-order valence-electron chi connectivity index (χ0n) is 12.5. The zero-order chi connectivity index (χ0) is 15.4. The number of methoxy groups -OCH3 is 1. The third-order valence-corrected chi connectivity index (χ3v) is 3.77. The van der Waals surface area contributed by atoms with Gasteiger partial charge in [0, 0.05) is 37.4 Å². The first-order valence-corrected chi connectivity index (χ1v) is 6.96. The molecule has 0 aliphatic carbocycles. The van der Waals surface area contributed by atoms with Crippen LogP contribution in [0.25, 0.3) is 0 Å². The molecule has 0 spiro atoms. The highest BCUT2D eigenvalue weighted by atomic mass is 16.5. The van der Waals surface area contributed by atoms with Gasteiger partial charge in [0.1, 0.15) is 0 Å². The fourth-order valence-electron chi connectivity index (χ4n) is 2.31. The number of hydrogen-bond acceptors (Lipinski definition) is 5. The Morgan fingerprint density at radius 3 is 2.48 bits per heavy atom. The highest BCUT2D eigenvalue weighted by molar-refractivity contribution is 5.95. The fourth-order valence-corrected chi connectivity index (χ4v) is 2.31. The molecule has 1 heterocycles. The maximum atomic E-state index is 12.4. The SMILES string of the molecule is COC(=O)CN1CCN(C(=O)c2ccc(C)c(N)c2)CC1. The van der Waals surface area contributed by atoms with Crippen molar-refractivity contribution in [2.75, 3.05) is 45.6 Å². The van der Waals surface area contributed by atoms with E-state index in [0.717, 1.165) is 5.56 Å². The molecule has 1 amide bonds. The normalized spacial score (nSPS) is 15.8. The highest BCUT2D eigenvalue weighted by Crippen LogP contribution is 2.15. The van der Waals surface area contributed by atoms with Gasteiger partial charge in [-0.1, -0.05) is 6.07 Å². The Hall–Kier alpha value is -2.08. The van der Waals surface area contributed by atoms with Crippen LogP contribution in [0.3, 0.4) is 0 Å². The molecule has 1 aromatic carbocycles. The number of amides is 1. The van der Waals surface area contributed by atoms with Gasteiger partial charge in [-0.05, 0) is 24.6 Å². The van der Waals surface area contributed by atoms with Gasteiger partial charge in [0.2, 0.25) is 0 Å². The molecular weight excluding hydrogens is 270 g/mol. The highest BCUT2D eigenvalue weighted by Gasteiger charge is 2.23. The molecule has 2 rings (SSSR count). The minimum absolute atomic E-state index is 0.0144. The summed E-state index contributed by atoms with van der Waals surface area (Å²) in [7, 11) is 1.38. The maximum absolute atomic E-state index is 12.4. The third-order valence-electron chi connectivity index (χ3n) is 3.77. The van der Waals surface area contributed by atoms with Crippen LogP contribution in [-0.4, -0.2) is 61.5 Å². The molecule has 1 aromatic rings. The third kappa shape index (κ3) is 3.72. The van der Waals surface area contributed by atoms with Gasteiger partial charge in [0.05, 0.1) is 13.7 Å². The monoisotopic (exact) mass is 291 g/mol. The number of carbonyl (C=O) groups excluding carboxylic acids is 2. The number of nitrogens with two attached hydrogens (primary N) is 1. The molecule has 1 aliphatic rings. The molecule has 6 heteroatoms. The van der Waals surface area contributed by atoms with Crippen LogP contribution in [0.4, 0.5) is 5.69 Å². The predicted molar refractivity (Wildman–Crippen MR) is 80.0 cm³/mol. The van der Waals surface area contributed by atoms with E-state index >= 15 is 0 Å². The topological polar surface area (TPSA) is 75.9 Å². The summed E-state index contributed by atoms with van der Waals surface area (Å²) in [6, 6.07) is 5.38. The number of anilines is 1. The summed E-state index contributed by atoms with van der Waals surface area (Å²) in [5.74, 6) is -0.263. The molecule has 2 N–H and O–H groups in total. The van der Waals surface area contributed by atoms with E-state index in [9.17, 15) is 9.59 Å². The van der Waals surface area contributed by atoms with Gasteiger partial charge >= 0.3 is 5.97 Å². The van der Waals surface area contributed by atoms with Crippen molar-refractivity contribution in [2.45, 2.75) is 6.92 Å². The molecule has 6 nitrogen and oxygen atoms in total. The van der Waals surface area contributed by atoms with Gasteiger partial charge in [-0.15, -0.1) is 0 Å². The van der Waals surface area contributed by atoms with Crippen LogP contribution in [0.2, 0.25) is 0 Å². The zero-order valence-corrected chi connectivity index (χ0v) is 12.5. The van der Waals surface area contributed by atoms with Crippen molar-refractivity contribution in [2.24, 2.45) is 0 Å². The Balaban J connectivity index is 1.93. The van der Waals surface area contributed by atoms with E-state index in [1.54, 1.807) is 17.0 Å². The maximum Gasteiger partial charge on any atom is 0.319 e. The number of ether oxygens (including phenoxy) is 1. The standard InChI is InChI=1S/C15H21N3O3/c1-11-3-4-12(9-13(11)16)15(20)18-7-5-17(6-8-18)10-14(19)21-2/h3-4,9H,5-8,10,16H2,1-2H3. The molecule has 114 valence electrons. The second-order valence-electron chi connectivity index (χ2n) is 5.22. The number of hydrogen-bond donors (Lipinski definition) is 1. The Kier molecular flexibility index (Phi) is 4.80. The lowest BCUT2D eigenvalue weighted by atomic mass is 10.1. The van der Waals surface area contributed by atoms with Gasteiger partial charge in [-0.2, -0.15) is 0 Å². The Bertz CT molecular complexity index is 537. The second-order valence-corrected chi connectivity index (χ2v) is 5.22. The number of aryl methyl sites for hydroxylation is 1. The van der Waals surface area contributed by atoms with Crippen molar-refractivity contribution < 1.29 is 14.3 Å². The molecule has 0 aromatic heterocycles. The summed E-state index contributed by atoms with van der Waals surface area (Å²) in [5, 5.41) is 0. The molecular formula is C15H21N3O3. The van der Waals surface area contributed by atoms with Crippen molar-refractivity contribution in [3.05, 3.63) is 29.3 Å². The van der Waals surface area contributed by atoms with E-state index in [0.29, 0.717) is 37.4 Å². The number of nitrogens with zero attached hydrogens (tertiary/aromatic N) is 2. The summed E-state index contributed by atoms with van der Waals surface area (Å²) in [4.78, 5) is 27.4. The molecule has 0 atom stereocenters.